The molecule has 0 atom stereocenters. The summed E-state index contributed by atoms with van der Waals surface area (Å²) >= 11 is 0. The molecule has 1 heterocycles. The molecule has 0 unspecified atom stereocenters. The highest BCUT2D eigenvalue weighted by Gasteiger charge is 2.17. The summed E-state index contributed by atoms with van der Waals surface area (Å²) in [7, 11) is -3.94. The lowest BCUT2D eigenvalue weighted by molar-refractivity contribution is -0.0926. The first kappa shape index (κ1) is 11.6. The Hall–Kier alpha value is -1.92. The average molecular weight is 251 g/mol. The fourth-order valence-corrected chi connectivity index (χ4v) is 1.78. The first-order valence-corrected chi connectivity index (χ1v) is 6.15. The Morgan fingerprint density at radius 1 is 1.00 bits per heavy atom. The molecule has 0 aliphatic carbocycles. The molecule has 2 rings (SSSR count). The van der Waals surface area contributed by atoms with Crippen LogP contribution in [-0.2, 0) is 14.5 Å². The van der Waals surface area contributed by atoms with Crippen LogP contribution in [-0.4, -0.2) is 13.4 Å². The molecule has 17 heavy (non-hydrogen) atoms. The van der Waals surface area contributed by atoms with Crippen molar-refractivity contribution in [1.29, 1.82) is 0 Å². The van der Waals surface area contributed by atoms with Gasteiger partial charge in [0.05, 0.1) is 0 Å². The van der Waals surface area contributed by atoms with E-state index >= 15 is 0 Å². The number of hydrogen-bond acceptors (Lipinski definition) is 5. The van der Waals surface area contributed by atoms with Gasteiger partial charge < -0.3 is 4.89 Å². The monoisotopic (exact) mass is 251 g/mol. The van der Waals surface area contributed by atoms with E-state index in [2.05, 4.69) is 9.32 Å². The molecule has 0 saturated heterocycles. The Labute approximate surface area is 98.7 Å². The van der Waals surface area contributed by atoms with Crippen LogP contribution in [0.3, 0.4) is 0 Å². The molecule has 0 radical (unpaired) electrons. The van der Waals surface area contributed by atoms with Crippen molar-refractivity contribution in [3.8, 4) is 5.75 Å². The van der Waals surface area contributed by atoms with Crippen LogP contribution in [0.1, 0.15) is 0 Å². The summed E-state index contributed by atoms with van der Waals surface area (Å²) < 4.78 is 27.7. The quantitative estimate of drug-likeness (QED) is 0.612. The molecule has 0 fully saturated rings. The molecule has 1 aromatic carbocycles. The van der Waals surface area contributed by atoms with Crippen LogP contribution in [0.15, 0.2) is 59.8 Å². The van der Waals surface area contributed by atoms with E-state index in [9.17, 15) is 8.42 Å². The second kappa shape index (κ2) is 4.94. The van der Waals surface area contributed by atoms with E-state index in [1.807, 2.05) is 0 Å². The van der Waals surface area contributed by atoms with Gasteiger partial charge in [0.1, 0.15) is 4.90 Å². The lowest BCUT2D eigenvalue weighted by Crippen LogP contribution is -2.09. The van der Waals surface area contributed by atoms with Gasteiger partial charge in [-0.15, -0.1) is 0 Å². The zero-order chi connectivity index (χ0) is 12.1. The molecular weight excluding hydrogens is 242 g/mol. The van der Waals surface area contributed by atoms with E-state index < -0.39 is 10.1 Å². The van der Waals surface area contributed by atoms with Gasteiger partial charge in [-0.25, -0.2) is 0 Å². The van der Waals surface area contributed by atoms with Gasteiger partial charge in [-0.05, 0) is 24.3 Å². The maximum atomic E-state index is 11.6. The Morgan fingerprint density at radius 2 is 1.76 bits per heavy atom. The van der Waals surface area contributed by atoms with Gasteiger partial charge in [0.25, 0.3) is 0 Å². The summed E-state index contributed by atoms with van der Waals surface area (Å²) in [6.07, 6.45) is 2.65. The SMILES string of the molecule is O=S(=O)(OOc1ccccc1)c1cccnc1. The van der Waals surface area contributed by atoms with E-state index in [1.165, 1.54) is 24.5 Å². The number of para-hydroxylation sites is 1. The summed E-state index contributed by atoms with van der Waals surface area (Å²) in [5.74, 6) is 0.306. The van der Waals surface area contributed by atoms with Crippen LogP contribution in [0.4, 0.5) is 0 Å². The smallest absolute Gasteiger partial charge is 0.321 e. The normalized spacial score (nSPS) is 11.1. The topological polar surface area (TPSA) is 65.5 Å². The standard InChI is InChI=1S/C11H9NO4S/c13-17(14,11-7-4-8-12-9-11)16-15-10-5-2-1-3-6-10/h1-9H. The number of aromatic nitrogens is 1. The van der Waals surface area contributed by atoms with Gasteiger partial charge in [0.15, 0.2) is 5.75 Å². The summed E-state index contributed by atoms with van der Waals surface area (Å²) in [6, 6.07) is 11.2. The highest BCUT2D eigenvalue weighted by atomic mass is 32.2. The van der Waals surface area contributed by atoms with Crippen LogP contribution in [0.25, 0.3) is 0 Å². The van der Waals surface area contributed by atoms with Gasteiger partial charge in [0.2, 0.25) is 0 Å². The van der Waals surface area contributed by atoms with Crippen LogP contribution in [0.2, 0.25) is 0 Å². The fourth-order valence-electron chi connectivity index (χ4n) is 1.09. The maximum Gasteiger partial charge on any atom is 0.333 e. The predicted octanol–water partition coefficient (Wildman–Crippen LogP) is 1.78. The molecule has 0 aliphatic heterocycles. The number of hydrogen-bond donors (Lipinski definition) is 0. The Bertz CT molecular complexity index is 569. The molecule has 5 nitrogen and oxygen atoms in total. The third-order valence-electron chi connectivity index (χ3n) is 1.89. The second-order valence-corrected chi connectivity index (χ2v) is 4.62. The van der Waals surface area contributed by atoms with E-state index in [0.29, 0.717) is 5.75 Å². The molecule has 0 aliphatic rings. The molecule has 1 aromatic heterocycles. The summed E-state index contributed by atoms with van der Waals surface area (Å²) in [6.45, 7) is 0. The van der Waals surface area contributed by atoms with Gasteiger partial charge in [-0.1, -0.05) is 22.5 Å². The third kappa shape index (κ3) is 3.02. The lowest BCUT2D eigenvalue weighted by atomic mass is 10.3. The first-order valence-electron chi connectivity index (χ1n) is 4.75. The van der Waals surface area contributed by atoms with Crippen molar-refractivity contribution in [3.05, 3.63) is 54.9 Å². The summed E-state index contributed by atoms with van der Waals surface area (Å²) in [5, 5.41) is 0. The molecular formula is C11H9NO4S. The number of benzene rings is 1. The number of pyridine rings is 1. The average Bonchev–Trinajstić information content (AvgIpc) is 2.39. The van der Waals surface area contributed by atoms with Crippen molar-refractivity contribution >= 4 is 10.1 Å². The fraction of sp³-hybridized carbons (Fsp3) is 0. The molecule has 0 saturated carbocycles. The molecule has 2 aromatic rings. The zero-order valence-corrected chi connectivity index (χ0v) is 9.50. The summed E-state index contributed by atoms with van der Waals surface area (Å²) in [5.41, 5.74) is 0. The Morgan fingerprint density at radius 3 is 2.41 bits per heavy atom. The number of nitrogens with zero attached hydrogens (tertiary/aromatic N) is 1. The highest BCUT2D eigenvalue weighted by molar-refractivity contribution is 7.86. The van der Waals surface area contributed by atoms with Crippen LogP contribution < -0.4 is 4.89 Å². The van der Waals surface area contributed by atoms with Crippen molar-refractivity contribution in [2.24, 2.45) is 0 Å². The van der Waals surface area contributed by atoms with E-state index in [-0.39, 0.29) is 4.90 Å². The molecule has 0 spiro atoms. The molecule has 0 N–H and O–H groups in total. The first-order chi connectivity index (χ1) is 8.18. The van der Waals surface area contributed by atoms with E-state index in [0.717, 1.165) is 0 Å². The summed E-state index contributed by atoms with van der Waals surface area (Å²) in [4.78, 5) is 8.34. The van der Waals surface area contributed by atoms with Crippen LogP contribution >= 0.6 is 0 Å². The minimum Gasteiger partial charge on any atom is -0.321 e. The van der Waals surface area contributed by atoms with Crippen LogP contribution in [0.5, 0.6) is 5.75 Å². The number of rotatable bonds is 4. The highest BCUT2D eigenvalue weighted by Crippen LogP contribution is 2.14. The van der Waals surface area contributed by atoms with E-state index in [1.54, 1.807) is 30.3 Å². The minimum atomic E-state index is -3.94. The Kier molecular flexibility index (Phi) is 3.36. The maximum absolute atomic E-state index is 11.6. The molecule has 88 valence electrons. The zero-order valence-electron chi connectivity index (χ0n) is 8.68. The van der Waals surface area contributed by atoms with Crippen molar-refractivity contribution in [3.63, 3.8) is 0 Å². The van der Waals surface area contributed by atoms with Crippen LogP contribution in [0, 0.1) is 0 Å². The molecule has 0 amide bonds. The van der Waals surface area contributed by atoms with Crippen molar-refractivity contribution in [1.82, 2.24) is 4.98 Å². The van der Waals surface area contributed by atoms with Crippen molar-refractivity contribution in [2.45, 2.75) is 4.90 Å². The molecule has 6 heteroatoms. The van der Waals surface area contributed by atoms with Crippen molar-refractivity contribution < 1.29 is 17.6 Å². The van der Waals surface area contributed by atoms with Gasteiger partial charge in [0, 0.05) is 12.4 Å². The lowest BCUT2D eigenvalue weighted by Gasteiger charge is -2.04. The molecule has 0 bridgehead atoms. The van der Waals surface area contributed by atoms with Gasteiger partial charge in [-0.3, -0.25) is 4.98 Å². The predicted molar refractivity (Wildman–Crippen MR) is 59.6 cm³/mol. The van der Waals surface area contributed by atoms with E-state index in [4.69, 9.17) is 4.89 Å². The minimum absolute atomic E-state index is 0.0593. The van der Waals surface area contributed by atoms with Crippen molar-refractivity contribution in [2.75, 3.05) is 0 Å². The van der Waals surface area contributed by atoms with Gasteiger partial charge >= 0.3 is 10.1 Å². The third-order valence-corrected chi connectivity index (χ3v) is 2.95. The largest absolute Gasteiger partial charge is 0.333 e. The second-order valence-electron chi connectivity index (χ2n) is 3.11. The Balaban J connectivity index is 2.09. The van der Waals surface area contributed by atoms with Gasteiger partial charge in [-0.2, -0.15) is 8.42 Å².